The Morgan fingerprint density at radius 2 is 1.71 bits per heavy atom. The molecule has 0 heterocycles. The van der Waals surface area contributed by atoms with Crippen LogP contribution in [-0.2, 0) is 9.59 Å². The monoisotopic (exact) mass is 327 g/mol. The van der Waals surface area contributed by atoms with Crippen LogP contribution in [0.2, 0.25) is 0 Å². The van der Waals surface area contributed by atoms with Crippen molar-refractivity contribution in [2.24, 2.45) is 5.10 Å². The number of rotatable bonds is 4. The van der Waals surface area contributed by atoms with Gasteiger partial charge in [-0.2, -0.15) is 5.10 Å². The Bertz CT molecular complexity index is 755. The Labute approximate surface area is 139 Å². The largest absolute Gasteiger partial charge is 0.329 e. The van der Waals surface area contributed by atoms with Crippen molar-refractivity contribution in [2.75, 3.05) is 5.32 Å². The van der Waals surface area contributed by atoms with Crippen LogP contribution in [0.4, 0.5) is 10.1 Å². The molecule has 0 aliphatic heterocycles. The lowest BCUT2D eigenvalue weighted by molar-refractivity contribution is -0.136. The fraction of sp³-hybridized carbons (Fsp3) is 0.167. The summed E-state index contributed by atoms with van der Waals surface area (Å²) in [6.45, 7) is 4.19. The fourth-order valence-corrected chi connectivity index (χ4v) is 1.92. The molecule has 6 heteroatoms. The molecule has 0 unspecified atom stereocenters. The van der Waals surface area contributed by atoms with Gasteiger partial charge in [-0.1, -0.05) is 50.2 Å². The highest BCUT2D eigenvalue weighted by molar-refractivity contribution is 6.39. The number of hydrogen-bond acceptors (Lipinski definition) is 3. The molecule has 0 spiro atoms. The molecule has 0 aliphatic rings. The van der Waals surface area contributed by atoms with Gasteiger partial charge < -0.3 is 5.32 Å². The third-order valence-electron chi connectivity index (χ3n) is 3.31. The molecular weight excluding hydrogens is 309 g/mol. The Hall–Kier alpha value is -3.02. The molecule has 0 saturated carbocycles. The second-order valence-corrected chi connectivity index (χ2v) is 5.45. The van der Waals surface area contributed by atoms with Gasteiger partial charge in [0.15, 0.2) is 0 Å². The lowest BCUT2D eigenvalue weighted by Gasteiger charge is -2.05. The average molecular weight is 327 g/mol. The molecule has 24 heavy (non-hydrogen) atoms. The number of hydrogen-bond donors (Lipinski definition) is 2. The zero-order chi connectivity index (χ0) is 17.5. The van der Waals surface area contributed by atoms with Crippen LogP contribution in [0, 0.1) is 5.82 Å². The van der Waals surface area contributed by atoms with Gasteiger partial charge in [-0.05, 0) is 29.2 Å². The van der Waals surface area contributed by atoms with Crippen molar-refractivity contribution in [1.82, 2.24) is 5.43 Å². The maximum atomic E-state index is 13.4. The number of amides is 2. The zero-order valence-electron chi connectivity index (χ0n) is 13.4. The van der Waals surface area contributed by atoms with Crippen molar-refractivity contribution < 1.29 is 14.0 Å². The van der Waals surface area contributed by atoms with E-state index in [9.17, 15) is 14.0 Å². The summed E-state index contributed by atoms with van der Waals surface area (Å²) in [6, 6.07) is 13.3. The molecule has 124 valence electrons. The summed E-state index contributed by atoms with van der Waals surface area (Å²) >= 11 is 0. The Morgan fingerprint density at radius 3 is 2.33 bits per heavy atom. The zero-order valence-corrected chi connectivity index (χ0v) is 13.4. The van der Waals surface area contributed by atoms with E-state index in [0.717, 1.165) is 5.56 Å². The van der Waals surface area contributed by atoms with Crippen LogP contribution >= 0.6 is 0 Å². The van der Waals surface area contributed by atoms with Gasteiger partial charge in [0.25, 0.3) is 0 Å². The highest BCUT2D eigenvalue weighted by Gasteiger charge is 2.14. The number of anilines is 1. The molecule has 0 saturated heterocycles. The topological polar surface area (TPSA) is 70.6 Å². The Kier molecular flexibility index (Phi) is 5.78. The SMILES string of the molecule is CC(C)c1ccc(/C=N/NC(=O)C(=O)Nc2ccccc2F)cc1. The minimum absolute atomic E-state index is 0.0640. The first kappa shape index (κ1) is 17.3. The second-order valence-electron chi connectivity index (χ2n) is 5.45. The third-order valence-corrected chi connectivity index (χ3v) is 3.31. The summed E-state index contributed by atoms with van der Waals surface area (Å²) in [6.07, 6.45) is 1.43. The molecule has 2 N–H and O–H groups in total. The van der Waals surface area contributed by atoms with Gasteiger partial charge in [-0.15, -0.1) is 0 Å². The van der Waals surface area contributed by atoms with E-state index in [1.807, 2.05) is 24.3 Å². The smallest absolute Gasteiger partial charge is 0.315 e. The maximum Gasteiger partial charge on any atom is 0.329 e. The van der Waals surface area contributed by atoms with Crippen molar-refractivity contribution in [3.63, 3.8) is 0 Å². The standard InChI is InChI=1S/C18H18FN3O2/c1-12(2)14-9-7-13(8-10-14)11-20-22-18(24)17(23)21-16-6-4-3-5-15(16)19/h3-12H,1-2H3,(H,21,23)(H,22,24)/b20-11+. The number of hydrazone groups is 1. The van der Waals surface area contributed by atoms with E-state index in [0.29, 0.717) is 5.92 Å². The van der Waals surface area contributed by atoms with E-state index in [1.165, 1.54) is 30.0 Å². The lowest BCUT2D eigenvalue weighted by atomic mass is 10.0. The number of benzene rings is 2. The van der Waals surface area contributed by atoms with Gasteiger partial charge in [0.05, 0.1) is 11.9 Å². The van der Waals surface area contributed by atoms with Gasteiger partial charge in [-0.25, -0.2) is 9.82 Å². The summed E-state index contributed by atoms with van der Waals surface area (Å²) in [4.78, 5) is 23.3. The normalized spacial score (nSPS) is 10.8. The van der Waals surface area contributed by atoms with Gasteiger partial charge in [0.1, 0.15) is 5.82 Å². The Balaban J connectivity index is 1.90. The van der Waals surface area contributed by atoms with E-state index in [4.69, 9.17) is 0 Å². The number of carbonyl (C=O) groups excluding carboxylic acids is 2. The number of para-hydroxylation sites is 1. The summed E-state index contributed by atoms with van der Waals surface area (Å²) in [5, 5.41) is 5.90. The van der Waals surface area contributed by atoms with Gasteiger partial charge in [0, 0.05) is 0 Å². The molecule has 2 amide bonds. The predicted octanol–water partition coefficient (Wildman–Crippen LogP) is 3.04. The fourth-order valence-electron chi connectivity index (χ4n) is 1.92. The van der Waals surface area contributed by atoms with Crippen LogP contribution in [0.25, 0.3) is 0 Å². The predicted molar refractivity (Wildman–Crippen MR) is 91.3 cm³/mol. The average Bonchev–Trinajstić information content (AvgIpc) is 2.57. The molecule has 2 aromatic carbocycles. The van der Waals surface area contributed by atoms with Crippen molar-refractivity contribution in [2.45, 2.75) is 19.8 Å². The minimum atomic E-state index is -0.993. The molecule has 0 atom stereocenters. The summed E-state index contributed by atoms with van der Waals surface area (Å²) in [5.74, 6) is -2.16. The highest BCUT2D eigenvalue weighted by Crippen LogP contribution is 2.14. The number of halogens is 1. The van der Waals surface area contributed by atoms with Gasteiger partial charge in [0.2, 0.25) is 0 Å². The van der Waals surface area contributed by atoms with Gasteiger partial charge >= 0.3 is 11.8 Å². The highest BCUT2D eigenvalue weighted by atomic mass is 19.1. The van der Waals surface area contributed by atoms with E-state index < -0.39 is 17.6 Å². The molecule has 2 rings (SSSR count). The molecule has 0 fully saturated rings. The quantitative estimate of drug-likeness (QED) is 0.515. The van der Waals surface area contributed by atoms with E-state index >= 15 is 0 Å². The third kappa shape index (κ3) is 4.74. The van der Waals surface area contributed by atoms with Gasteiger partial charge in [-0.3, -0.25) is 9.59 Å². The van der Waals surface area contributed by atoms with Crippen LogP contribution in [0.15, 0.2) is 53.6 Å². The van der Waals surface area contributed by atoms with Crippen molar-refractivity contribution in [1.29, 1.82) is 0 Å². The molecular formula is C18H18FN3O2. The second kappa shape index (κ2) is 8.01. The van der Waals surface area contributed by atoms with E-state index in [1.54, 1.807) is 6.07 Å². The molecule has 0 radical (unpaired) electrons. The van der Waals surface area contributed by atoms with Crippen molar-refractivity contribution in [3.8, 4) is 0 Å². The van der Waals surface area contributed by atoms with Crippen LogP contribution in [0.1, 0.15) is 30.9 Å². The van der Waals surface area contributed by atoms with E-state index in [2.05, 4.69) is 29.7 Å². The number of nitrogens with zero attached hydrogens (tertiary/aromatic N) is 1. The van der Waals surface area contributed by atoms with Crippen LogP contribution in [0.5, 0.6) is 0 Å². The molecule has 0 aliphatic carbocycles. The van der Waals surface area contributed by atoms with E-state index in [-0.39, 0.29) is 5.69 Å². The molecule has 5 nitrogen and oxygen atoms in total. The molecule has 0 aromatic heterocycles. The number of nitrogens with one attached hydrogen (secondary N) is 2. The van der Waals surface area contributed by atoms with Crippen molar-refractivity contribution in [3.05, 3.63) is 65.5 Å². The molecule has 2 aromatic rings. The minimum Gasteiger partial charge on any atom is -0.315 e. The molecule has 0 bridgehead atoms. The van der Waals surface area contributed by atoms with Crippen LogP contribution < -0.4 is 10.7 Å². The van der Waals surface area contributed by atoms with Crippen LogP contribution in [-0.4, -0.2) is 18.0 Å². The first-order valence-corrected chi connectivity index (χ1v) is 7.46. The first-order valence-electron chi connectivity index (χ1n) is 7.46. The maximum absolute atomic E-state index is 13.4. The first-order chi connectivity index (χ1) is 11.5. The lowest BCUT2D eigenvalue weighted by Crippen LogP contribution is -2.32. The number of carbonyl (C=O) groups is 2. The Morgan fingerprint density at radius 1 is 1.04 bits per heavy atom. The van der Waals surface area contributed by atoms with Crippen molar-refractivity contribution >= 4 is 23.7 Å². The summed E-state index contributed by atoms with van der Waals surface area (Å²) in [5.41, 5.74) is 4.02. The summed E-state index contributed by atoms with van der Waals surface area (Å²) in [7, 11) is 0. The van der Waals surface area contributed by atoms with Crippen LogP contribution in [0.3, 0.4) is 0 Å². The summed E-state index contributed by atoms with van der Waals surface area (Å²) < 4.78 is 13.4.